The van der Waals surface area contributed by atoms with Crippen molar-refractivity contribution in [2.45, 2.75) is 39.5 Å². The number of halogens is 1. The van der Waals surface area contributed by atoms with Crippen LogP contribution in [0.15, 0.2) is 18.2 Å². The first-order chi connectivity index (χ1) is 11.4. The van der Waals surface area contributed by atoms with Gasteiger partial charge in [0.1, 0.15) is 0 Å². The SMILES string of the molecule is CCN1CC2(CCC1=O)CCN(C(=O)c1ccc(Cl)c(C)c1)CC2. The molecule has 2 fully saturated rings. The van der Waals surface area contributed by atoms with Crippen molar-refractivity contribution >= 4 is 23.4 Å². The Kier molecular flexibility index (Phi) is 4.86. The van der Waals surface area contributed by atoms with Crippen LogP contribution in [0.5, 0.6) is 0 Å². The van der Waals surface area contributed by atoms with Gasteiger partial charge in [-0.05, 0) is 62.3 Å². The summed E-state index contributed by atoms with van der Waals surface area (Å²) in [5, 5.41) is 0.690. The van der Waals surface area contributed by atoms with Gasteiger partial charge in [0.2, 0.25) is 5.91 Å². The van der Waals surface area contributed by atoms with Gasteiger partial charge >= 0.3 is 0 Å². The molecule has 0 saturated carbocycles. The molecule has 0 bridgehead atoms. The normalized spacial score (nSPS) is 20.5. The Balaban J connectivity index is 1.65. The van der Waals surface area contributed by atoms with Crippen LogP contribution in [0.2, 0.25) is 5.02 Å². The van der Waals surface area contributed by atoms with E-state index in [1.807, 2.05) is 29.7 Å². The van der Waals surface area contributed by atoms with Gasteiger partial charge in [0, 0.05) is 43.2 Å². The molecule has 1 spiro atoms. The fraction of sp³-hybridized carbons (Fsp3) is 0.579. The molecule has 2 aliphatic heterocycles. The van der Waals surface area contributed by atoms with E-state index in [-0.39, 0.29) is 17.2 Å². The summed E-state index contributed by atoms with van der Waals surface area (Å²) >= 11 is 6.05. The lowest BCUT2D eigenvalue weighted by Gasteiger charge is -2.47. The van der Waals surface area contributed by atoms with E-state index >= 15 is 0 Å². The molecule has 2 saturated heterocycles. The summed E-state index contributed by atoms with van der Waals surface area (Å²) in [7, 11) is 0. The summed E-state index contributed by atoms with van der Waals surface area (Å²) in [5.74, 6) is 0.363. The van der Waals surface area contributed by atoms with Crippen LogP contribution in [0.4, 0.5) is 0 Å². The standard InChI is InChI=1S/C19H25ClN2O2/c1-3-21-13-19(7-6-17(21)23)8-10-22(11-9-19)18(24)15-4-5-16(20)14(2)12-15/h4-5,12H,3,6-11,13H2,1-2H3. The Morgan fingerprint density at radius 3 is 2.58 bits per heavy atom. The first kappa shape index (κ1) is 17.3. The number of rotatable bonds is 2. The van der Waals surface area contributed by atoms with E-state index < -0.39 is 0 Å². The Morgan fingerprint density at radius 2 is 1.96 bits per heavy atom. The minimum atomic E-state index is 0.0869. The molecule has 2 aliphatic rings. The van der Waals surface area contributed by atoms with Crippen molar-refractivity contribution in [3.05, 3.63) is 34.3 Å². The molecule has 5 heteroatoms. The summed E-state index contributed by atoms with van der Waals surface area (Å²) in [6, 6.07) is 5.47. The average molecular weight is 349 g/mol. The number of aryl methyl sites for hydroxylation is 1. The molecule has 2 amide bonds. The molecule has 0 unspecified atom stereocenters. The van der Waals surface area contributed by atoms with Gasteiger partial charge in [-0.3, -0.25) is 9.59 Å². The van der Waals surface area contributed by atoms with E-state index in [2.05, 4.69) is 0 Å². The highest BCUT2D eigenvalue weighted by Gasteiger charge is 2.41. The number of piperidine rings is 2. The van der Waals surface area contributed by atoms with E-state index in [0.717, 1.165) is 51.0 Å². The van der Waals surface area contributed by atoms with Crippen molar-refractivity contribution in [2.24, 2.45) is 5.41 Å². The predicted molar refractivity (Wildman–Crippen MR) is 95.2 cm³/mol. The number of benzene rings is 1. The van der Waals surface area contributed by atoms with Crippen molar-refractivity contribution in [3.8, 4) is 0 Å². The summed E-state index contributed by atoms with van der Waals surface area (Å²) < 4.78 is 0. The molecule has 1 aromatic rings. The van der Waals surface area contributed by atoms with Crippen molar-refractivity contribution < 1.29 is 9.59 Å². The molecule has 0 aromatic heterocycles. The molecule has 24 heavy (non-hydrogen) atoms. The zero-order valence-corrected chi connectivity index (χ0v) is 15.2. The molecular formula is C19H25ClN2O2. The van der Waals surface area contributed by atoms with Gasteiger partial charge in [-0.15, -0.1) is 0 Å². The topological polar surface area (TPSA) is 40.6 Å². The van der Waals surface area contributed by atoms with Gasteiger partial charge < -0.3 is 9.80 Å². The summed E-state index contributed by atoms with van der Waals surface area (Å²) in [6.07, 6.45) is 3.58. The second-order valence-electron chi connectivity index (χ2n) is 7.16. The minimum absolute atomic E-state index is 0.0869. The smallest absolute Gasteiger partial charge is 0.253 e. The maximum absolute atomic E-state index is 12.7. The highest BCUT2D eigenvalue weighted by Crippen LogP contribution is 2.40. The minimum Gasteiger partial charge on any atom is -0.342 e. The zero-order valence-electron chi connectivity index (χ0n) is 14.5. The van der Waals surface area contributed by atoms with Crippen molar-refractivity contribution in [3.63, 3.8) is 0 Å². The third-order valence-electron chi connectivity index (χ3n) is 5.65. The van der Waals surface area contributed by atoms with E-state index in [9.17, 15) is 9.59 Å². The van der Waals surface area contributed by atoms with E-state index in [1.165, 1.54) is 0 Å². The Labute approximate surface area is 148 Å². The molecule has 0 radical (unpaired) electrons. The fourth-order valence-electron chi connectivity index (χ4n) is 3.94. The molecule has 0 atom stereocenters. The molecule has 0 N–H and O–H groups in total. The largest absolute Gasteiger partial charge is 0.342 e. The van der Waals surface area contributed by atoms with Crippen LogP contribution >= 0.6 is 11.6 Å². The first-order valence-electron chi connectivity index (χ1n) is 8.77. The number of carbonyl (C=O) groups is 2. The van der Waals surface area contributed by atoms with Crippen LogP contribution in [0.1, 0.15) is 48.5 Å². The van der Waals surface area contributed by atoms with Crippen molar-refractivity contribution in [2.75, 3.05) is 26.2 Å². The summed E-state index contributed by atoms with van der Waals surface area (Å²) in [6.45, 7) is 7.14. The van der Waals surface area contributed by atoms with E-state index in [1.54, 1.807) is 12.1 Å². The molecule has 0 aliphatic carbocycles. The molecule has 4 nitrogen and oxygen atoms in total. The van der Waals surface area contributed by atoms with Crippen molar-refractivity contribution in [1.29, 1.82) is 0 Å². The van der Waals surface area contributed by atoms with Gasteiger partial charge in [-0.2, -0.15) is 0 Å². The lowest BCUT2D eigenvalue weighted by atomic mass is 9.72. The molecular weight excluding hydrogens is 324 g/mol. The molecule has 3 rings (SSSR count). The van der Waals surface area contributed by atoms with Crippen LogP contribution < -0.4 is 0 Å². The third-order valence-corrected chi connectivity index (χ3v) is 6.07. The summed E-state index contributed by atoms with van der Waals surface area (Å²) in [5.41, 5.74) is 1.85. The highest BCUT2D eigenvalue weighted by molar-refractivity contribution is 6.31. The molecule has 130 valence electrons. The fourth-order valence-corrected chi connectivity index (χ4v) is 4.06. The zero-order chi connectivity index (χ0) is 17.3. The monoisotopic (exact) mass is 348 g/mol. The first-order valence-corrected chi connectivity index (χ1v) is 9.15. The van der Waals surface area contributed by atoms with Gasteiger partial charge in [-0.1, -0.05) is 11.6 Å². The lowest BCUT2D eigenvalue weighted by molar-refractivity contribution is -0.138. The van der Waals surface area contributed by atoms with Gasteiger partial charge in [0.05, 0.1) is 0 Å². The highest BCUT2D eigenvalue weighted by atomic mass is 35.5. The van der Waals surface area contributed by atoms with Crippen LogP contribution in [0.25, 0.3) is 0 Å². The van der Waals surface area contributed by atoms with Gasteiger partial charge in [-0.25, -0.2) is 0 Å². The third kappa shape index (κ3) is 3.30. The Hall–Kier alpha value is -1.55. The second-order valence-corrected chi connectivity index (χ2v) is 7.57. The van der Waals surface area contributed by atoms with E-state index in [4.69, 9.17) is 11.6 Å². The maximum Gasteiger partial charge on any atom is 0.253 e. The lowest BCUT2D eigenvalue weighted by Crippen LogP contribution is -2.52. The summed E-state index contributed by atoms with van der Waals surface area (Å²) in [4.78, 5) is 28.6. The van der Waals surface area contributed by atoms with Crippen LogP contribution in [0, 0.1) is 12.3 Å². The number of likely N-dealkylation sites (tertiary alicyclic amines) is 2. The Bertz CT molecular complexity index is 651. The molecule has 2 heterocycles. The van der Waals surface area contributed by atoms with Crippen molar-refractivity contribution in [1.82, 2.24) is 9.80 Å². The second kappa shape index (κ2) is 6.75. The van der Waals surface area contributed by atoms with Crippen LogP contribution in [-0.4, -0.2) is 47.8 Å². The number of hydrogen-bond donors (Lipinski definition) is 0. The van der Waals surface area contributed by atoms with Crippen LogP contribution in [-0.2, 0) is 4.79 Å². The van der Waals surface area contributed by atoms with Gasteiger partial charge in [0.15, 0.2) is 0 Å². The van der Waals surface area contributed by atoms with E-state index in [0.29, 0.717) is 17.0 Å². The quantitative estimate of drug-likeness (QED) is 0.820. The number of amides is 2. The maximum atomic E-state index is 12.7. The number of nitrogens with zero attached hydrogens (tertiary/aromatic N) is 2. The number of hydrogen-bond acceptors (Lipinski definition) is 2. The predicted octanol–water partition coefficient (Wildman–Crippen LogP) is 3.51. The average Bonchev–Trinajstić information content (AvgIpc) is 2.60. The van der Waals surface area contributed by atoms with Crippen LogP contribution in [0.3, 0.4) is 0 Å². The number of carbonyl (C=O) groups excluding carboxylic acids is 2. The van der Waals surface area contributed by atoms with Gasteiger partial charge in [0.25, 0.3) is 5.91 Å². The Morgan fingerprint density at radius 1 is 1.25 bits per heavy atom. The molecule has 1 aromatic carbocycles.